The number of para-hydroxylation sites is 1. The summed E-state index contributed by atoms with van der Waals surface area (Å²) < 4.78 is 10.9. The number of likely N-dealkylation sites (N-methyl/N-ethyl adjacent to an activating group) is 1. The predicted octanol–water partition coefficient (Wildman–Crippen LogP) is 5.81. The van der Waals surface area contributed by atoms with Gasteiger partial charge in [0.05, 0.1) is 17.3 Å². The van der Waals surface area contributed by atoms with Crippen molar-refractivity contribution < 1.29 is 23.9 Å². The van der Waals surface area contributed by atoms with Crippen molar-refractivity contribution in [1.82, 2.24) is 10.3 Å². The van der Waals surface area contributed by atoms with Gasteiger partial charge < -0.3 is 25.0 Å². The molecule has 11 heteroatoms. The zero-order valence-electron chi connectivity index (χ0n) is 23.8. The number of halogens is 2. The van der Waals surface area contributed by atoms with E-state index in [0.717, 1.165) is 22.2 Å². The number of pyridine rings is 1. The molecule has 0 saturated carbocycles. The Hall–Kier alpha value is -4.44. The molecule has 1 aromatic heterocycles. The zero-order valence-corrected chi connectivity index (χ0v) is 25.3. The minimum absolute atomic E-state index is 0.0426. The largest absolute Gasteiger partial charge is 0.487 e. The molecular formula is C32H30Cl2N4O5. The molecule has 1 heterocycles. The number of aryl methyl sites for hydroxylation is 1. The van der Waals surface area contributed by atoms with Gasteiger partial charge in [0.2, 0.25) is 17.7 Å². The summed E-state index contributed by atoms with van der Waals surface area (Å²) in [6.07, 6.45) is 2.92. The van der Waals surface area contributed by atoms with Gasteiger partial charge in [-0.15, -0.1) is 0 Å². The van der Waals surface area contributed by atoms with Crippen LogP contribution >= 0.6 is 23.2 Å². The Morgan fingerprint density at radius 3 is 2.51 bits per heavy atom. The zero-order chi connectivity index (χ0) is 30.9. The summed E-state index contributed by atoms with van der Waals surface area (Å²) >= 11 is 13.2. The summed E-state index contributed by atoms with van der Waals surface area (Å²) in [5.41, 5.74) is 3.87. The Balaban J connectivity index is 1.35. The predicted molar refractivity (Wildman–Crippen MR) is 170 cm³/mol. The van der Waals surface area contributed by atoms with Gasteiger partial charge in [0, 0.05) is 47.6 Å². The second-order valence-electron chi connectivity index (χ2n) is 9.54. The van der Waals surface area contributed by atoms with Gasteiger partial charge >= 0.3 is 0 Å². The van der Waals surface area contributed by atoms with Crippen molar-refractivity contribution in [1.29, 1.82) is 0 Å². The molecule has 3 amide bonds. The molecule has 0 radical (unpaired) electrons. The lowest BCUT2D eigenvalue weighted by Gasteiger charge is -2.21. The third-order valence-electron chi connectivity index (χ3n) is 6.41. The maximum Gasteiger partial charge on any atom is 0.250 e. The number of nitrogens with zero attached hydrogens (tertiary/aromatic N) is 2. The van der Waals surface area contributed by atoms with E-state index in [2.05, 4.69) is 15.6 Å². The molecule has 4 rings (SSSR count). The molecule has 0 fully saturated rings. The second-order valence-corrected chi connectivity index (χ2v) is 10.3. The van der Waals surface area contributed by atoms with Gasteiger partial charge in [0.15, 0.2) is 0 Å². The Labute approximate surface area is 259 Å². The number of aromatic nitrogens is 1. The van der Waals surface area contributed by atoms with E-state index in [-0.39, 0.29) is 36.6 Å². The first-order valence-electron chi connectivity index (χ1n) is 13.2. The highest BCUT2D eigenvalue weighted by atomic mass is 35.5. The van der Waals surface area contributed by atoms with Crippen molar-refractivity contribution in [2.45, 2.75) is 13.5 Å². The van der Waals surface area contributed by atoms with Crippen LogP contribution in [0.2, 0.25) is 10.0 Å². The Kier molecular flexibility index (Phi) is 10.7. The molecule has 0 atom stereocenters. The van der Waals surface area contributed by atoms with Crippen molar-refractivity contribution in [3.05, 3.63) is 99.7 Å². The number of hydrogen-bond acceptors (Lipinski definition) is 6. The maximum atomic E-state index is 12.9. The molecule has 2 N–H and O–H groups in total. The van der Waals surface area contributed by atoms with E-state index >= 15 is 0 Å². The van der Waals surface area contributed by atoms with E-state index in [9.17, 15) is 14.4 Å². The lowest BCUT2D eigenvalue weighted by molar-refractivity contribution is -0.122. The topological polar surface area (TPSA) is 110 Å². The smallest absolute Gasteiger partial charge is 0.250 e. The third-order valence-corrected chi connectivity index (χ3v) is 7.18. The molecule has 9 nitrogen and oxygen atoms in total. The first-order valence-corrected chi connectivity index (χ1v) is 14.0. The average Bonchev–Trinajstić information content (AvgIpc) is 2.99. The molecule has 222 valence electrons. The van der Waals surface area contributed by atoms with Crippen LogP contribution in [0.5, 0.6) is 5.75 Å². The van der Waals surface area contributed by atoms with Crippen LogP contribution < -0.4 is 20.3 Å². The number of anilines is 2. The van der Waals surface area contributed by atoms with Crippen LogP contribution in [-0.4, -0.2) is 50.0 Å². The molecule has 0 unspecified atom stereocenters. The molecular weight excluding hydrogens is 591 g/mol. The van der Waals surface area contributed by atoms with Crippen molar-refractivity contribution in [3.8, 4) is 5.75 Å². The lowest BCUT2D eigenvalue weighted by Crippen LogP contribution is -2.37. The lowest BCUT2D eigenvalue weighted by atomic mass is 10.1. The number of carbonyl (C=O) groups is 3. The van der Waals surface area contributed by atoms with Gasteiger partial charge in [-0.3, -0.25) is 14.4 Å². The van der Waals surface area contributed by atoms with Crippen LogP contribution in [0, 0.1) is 6.92 Å². The molecule has 0 aliphatic heterocycles. The number of rotatable bonds is 11. The van der Waals surface area contributed by atoms with Crippen molar-refractivity contribution >= 4 is 69.3 Å². The van der Waals surface area contributed by atoms with E-state index in [4.69, 9.17) is 32.7 Å². The number of benzene rings is 3. The molecule has 4 aromatic rings. The van der Waals surface area contributed by atoms with E-state index < -0.39 is 5.91 Å². The number of fused-ring (bicyclic) bond motifs is 1. The molecule has 0 aliphatic carbocycles. The van der Waals surface area contributed by atoms with E-state index in [0.29, 0.717) is 27.7 Å². The standard InChI is InChI=1S/C32H30Cl2N4O5/c1-20-7-11-22-5-4-6-27(32(22)36-20)43-18-24-25(33)14-15-26(31(24)34)38(2)30(41)17-35-28(39)16-10-21-8-12-23(13-9-21)37-29(40)19-42-3/h4-16H,17-19H2,1-3H3,(H,35,39)(H,37,40)/b16-10+. The van der Waals surface area contributed by atoms with Crippen LogP contribution in [0.25, 0.3) is 17.0 Å². The van der Waals surface area contributed by atoms with Crippen LogP contribution in [0.1, 0.15) is 16.8 Å². The van der Waals surface area contributed by atoms with E-state index in [1.165, 1.54) is 18.1 Å². The molecule has 0 saturated heterocycles. The number of carbonyl (C=O) groups excluding carboxylic acids is 3. The first kappa shape index (κ1) is 31.5. The third kappa shape index (κ3) is 8.32. The summed E-state index contributed by atoms with van der Waals surface area (Å²) in [5.74, 6) is -0.515. The highest BCUT2D eigenvalue weighted by molar-refractivity contribution is 6.38. The van der Waals surface area contributed by atoms with Crippen LogP contribution in [0.3, 0.4) is 0 Å². The van der Waals surface area contributed by atoms with Crippen molar-refractivity contribution in [2.24, 2.45) is 0 Å². The second kappa shape index (κ2) is 14.6. The van der Waals surface area contributed by atoms with Gasteiger partial charge in [-0.05, 0) is 55.0 Å². The molecule has 3 aromatic carbocycles. The molecule has 0 spiro atoms. The SMILES string of the molecule is COCC(=O)Nc1ccc(/C=C/C(=O)NCC(=O)N(C)c2ccc(Cl)c(COc3cccc4ccc(C)nc34)c2Cl)cc1. The Bertz CT molecular complexity index is 1670. The van der Waals surface area contributed by atoms with Crippen LogP contribution in [0.15, 0.2) is 72.8 Å². The number of nitrogens with one attached hydrogen (secondary N) is 2. The van der Waals surface area contributed by atoms with E-state index in [1.54, 1.807) is 49.5 Å². The molecule has 0 bridgehead atoms. The summed E-state index contributed by atoms with van der Waals surface area (Å²) in [6, 6.07) is 19.8. The summed E-state index contributed by atoms with van der Waals surface area (Å²) in [7, 11) is 3.00. The number of ether oxygens (including phenoxy) is 2. The fourth-order valence-electron chi connectivity index (χ4n) is 4.11. The highest BCUT2D eigenvalue weighted by Gasteiger charge is 2.19. The summed E-state index contributed by atoms with van der Waals surface area (Å²) in [4.78, 5) is 42.8. The Morgan fingerprint density at radius 2 is 1.77 bits per heavy atom. The van der Waals surface area contributed by atoms with Gasteiger partial charge in [-0.25, -0.2) is 4.98 Å². The van der Waals surface area contributed by atoms with Crippen LogP contribution in [-0.2, 0) is 25.7 Å². The van der Waals surface area contributed by atoms with Crippen molar-refractivity contribution in [2.75, 3.05) is 37.5 Å². The quantitative estimate of drug-likeness (QED) is 0.205. The monoisotopic (exact) mass is 620 g/mol. The van der Waals surface area contributed by atoms with Gasteiger partial charge in [-0.2, -0.15) is 0 Å². The molecule has 43 heavy (non-hydrogen) atoms. The Morgan fingerprint density at radius 1 is 1.00 bits per heavy atom. The van der Waals surface area contributed by atoms with Gasteiger partial charge in [0.1, 0.15) is 24.5 Å². The fourth-order valence-corrected chi connectivity index (χ4v) is 4.72. The molecule has 0 aliphatic rings. The summed E-state index contributed by atoms with van der Waals surface area (Å²) in [6.45, 7) is 1.67. The number of hydrogen-bond donors (Lipinski definition) is 2. The van der Waals surface area contributed by atoms with Gasteiger partial charge in [0.25, 0.3) is 0 Å². The maximum absolute atomic E-state index is 12.9. The van der Waals surface area contributed by atoms with Crippen molar-refractivity contribution in [3.63, 3.8) is 0 Å². The summed E-state index contributed by atoms with van der Waals surface area (Å²) in [5, 5.41) is 6.87. The average molecular weight is 622 g/mol. The first-order chi connectivity index (χ1) is 20.7. The minimum Gasteiger partial charge on any atom is -0.487 e. The highest BCUT2D eigenvalue weighted by Crippen LogP contribution is 2.35. The van der Waals surface area contributed by atoms with Crippen LogP contribution in [0.4, 0.5) is 11.4 Å². The normalized spacial score (nSPS) is 11.0. The number of amides is 3. The van der Waals surface area contributed by atoms with Gasteiger partial charge in [-0.1, -0.05) is 53.5 Å². The van der Waals surface area contributed by atoms with E-state index in [1.807, 2.05) is 37.3 Å². The minimum atomic E-state index is -0.450. The number of methoxy groups -OCH3 is 1. The fraction of sp³-hybridized carbons (Fsp3) is 0.188.